The van der Waals surface area contributed by atoms with Crippen LogP contribution in [0.15, 0.2) is 0 Å². The van der Waals surface area contributed by atoms with Crippen LogP contribution in [0.25, 0.3) is 0 Å². The summed E-state index contributed by atoms with van der Waals surface area (Å²) < 4.78 is 4.80. The number of ether oxygens (including phenoxy) is 1. The van der Waals surface area contributed by atoms with E-state index in [9.17, 15) is 4.79 Å². The first-order chi connectivity index (χ1) is 6.84. The fraction of sp³-hybridized carbons (Fsp3) is 0.875. The van der Waals surface area contributed by atoms with Crippen molar-refractivity contribution in [2.75, 3.05) is 46.5 Å². The van der Waals surface area contributed by atoms with Gasteiger partial charge in [-0.25, -0.2) is 10.3 Å². The summed E-state index contributed by atoms with van der Waals surface area (Å²) in [7, 11) is 1.62. The van der Waals surface area contributed by atoms with Crippen molar-refractivity contribution < 1.29 is 14.4 Å². The maximum atomic E-state index is 11.1. The summed E-state index contributed by atoms with van der Waals surface area (Å²) in [5.41, 5.74) is 2.77. The van der Waals surface area contributed by atoms with Gasteiger partial charge >= 0.3 is 6.03 Å². The van der Waals surface area contributed by atoms with Crippen LogP contribution in [0.3, 0.4) is 0 Å². The van der Waals surface area contributed by atoms with Crippen molar-refractivity contribution >= 4 is 6.03 Å². The van der Waals surface area contributed by atoms with Gasteiger partial charge in [-0.15, -0.1) is 0 Å². The van der Waals surface area contributed by atoms with Crippen molar-refractivity contribution in [2.24, 2.45) is 0 Å². The third-order valence-electron chi connectivity index (χ3n) is 1.92. The van der Waals surface area contributed by atoms with Gasteiger partial charge in [-0.05, 0) is 0 Å². The molecule has 0 radical (unpaired) electrons. The molecule has 1 aliphatic heterocycles. The Morgan fingerprint density at radius 3 is 3.07 bits per heavy atom. The highest BCUT2D eigenvalue weighted by molar-refractivity contribution is 5.76. The highest BCUT2D eigenvalue weighted by atomic mass is 16.7. The molecule has 14 heavy (non-hydrogen) atoms. The Morgan fingerprint density at radius 1 is 1.57 bits per heavy atom. The lowest BCUT2D eigenvalue weighted by Gasteiger charge is -2.13. The zero-order valence-corrected chi connectivity index (χ0v) is 8.41. The lowest BCUT2D eigenvalue weighted by Crippen LogP contribution is -2.35. The molecule has 0 atom stereocenters. The molecule has 1 fully saturated rings. The van der Waals surface area contributed by atoms with Gasteiger partial charge < -0.3 is 15.0 Å². The van der Waals surface area contributed by atoms with Gasteiger partial charge in [0.2, 0.25) is 0 Å². The van der Waals surface area contributed by atoms with E-state index in [1.165, 1.54) is 0 Å². The summed E-state index contributed by atoms with van der Waals surface area (Å²) in [5, 5.41) is 2.73. The maximum Gasteiger partial charge on any atom is 0.317 e. The highest BCUT2D eigenvalue weighted by Gasteiger charge is 2.17. The van der Waals surface area contributed by atoms with Gasteiger partial charge in [0, 0.05) is 33.3 Å². The fourth-order valence-electron chi connectivity index (χ4n) is 1.17. The fourth-order valence-corrected chi connectivity index (χ4v) is 1.17. The monoisotopic (exact) mass is 203 g/mol. The van der Waals surface area contributed by atoms with Gasteiger partial charge in [0.15, 0.2) is 0 Å². The van der Waals surface area contributed by atoms with E-state index in [1.807, 2.05) is 0 Å². The van der Waals surface area contributed by atoms with Crippen LogP contribution in [-0.4, -0.2) is 57.4 Å². The molecule has 6 nitrogen and oxygen atoms in total. The van der Waals surface area contributed by atoms with Crippen molar-refractivity contribution in [1.82, 2.24) is 15.7 Å². The third kappa shape index (κ3) is 3.91. The Balaban J connectivity index is 1.90. The molecule has 2 N–H and O–H groups in total. The summed E-state index contributed by atoms with van der Waals surface area (Å²) in [4.78, 5) is 17.8. The number of methoxy groups -OCH3 is 1. The molecule has 0 aromatic rings. The molecular weight excluding hydrogens is 186 g/mol. The largest absolute Gasteiger partial charge is 0.382 e. The smallest absolute Gasteiger partial charge is 0.317 e. The summed E-state index contributed by atoms with van der Waals surface area (Å²) in [6.07, 6.45) is 0. The van der Waals surface area contributed by atoms with Crippen LogP contribution in [0.4, 0.5) is 4.79 Å². The molecule has 6 heteroatoms. The predicted molar refractivity (Wildman–Crippen MR) is 50.8 cm³/mol. The van der Waals surface area contributed by atoms with Crippen molar-refractivity contribution in [3.8, 4) is 0 Å². The summed E-state index contributed by atoms with van der Waals surface area (Å²) in [6, 6.07) is 0.00342. The molecule has 0 aromatic heterocycles. The number of carbonyl (C=O) groups is 1. The second-order valence-corrected chi connectivity index (χ2v) is 2.95. The first-order valence-corrected chi connectivity index (χ1v) is 4.71. The zero-order chi connectivity index (χ0) is 10.2. The number of nitrogens with zero attached hydrogens (tertiary/aromatic N) is 1. The summed E-state index contributed by atoms with van der Waals surface area (Å²) in [6.45, 7) is 3.90. The topological polar surface area (TPSA) is 62.8 Å². The number of urea groups is 1. The molecule has 0 spiro atoms. The van der Waals surface area contributed by atoms with Crippen LogP contribution in [0.1, 0.15) is 0 Å². The second-order valence-electron chi connectivity index (χ2n) is 2.95. The minimum absolute atomic E-state index is 0.00342. The molecule has 2 amide bonds. The van der Waals surface area contributed by atoms with Crippen LogP contribution < -0.4 is 10.8 Å². The van der Waals surface area contributed by atoms with Gasteiger partial charge in [-0.2, -0.15) is 0 Å². The molecule has 0 saturated carbocycles. The first-order valence-electron chi connectivity index (χ1n) is 4.71. The number of rotatable bonds is 7. The normalized spacial score (nSPS) is 16.1. The van der Waals surface area contributed by atoms with Gasteiger partial charge in [-0.3, -0.25) is 4.84 Å². The van der Waals surface area contributed by atoms with Crippen molar-refractivity contribution in [2.45, 2.75) is 0 Å². The van der Waals surface area contributed by atoms with Gasteiger partial charge in [0.25, 0.3) is 0 Å². The lowest BCUT2D eigenvalue weighted by molar-refractivity contribution is 0.00534. The van der Waals surface area contributed by atoms with Crippen molar-refractivity contribution in [3.63, 3.8) is 0 Å². The molecule has 1 heterocycles. The standard InChI is InChI=1S/C8H17N3O3/c1-13-6-7-14-10-3-5-11-4-2-9-8(11)12/h10H,2-7H2,1H3,(H,9,12). The van der Waals surface area contributed by atoms with E-state index in [0.717, 1.165) is 13.1 Å². The van der Waals surface area contributed by atoms with E-state index in [0.29, 0.717) is 26.3 Å². The number of amides is 2. The van der Waals surface area contributed by atoms with Gasteiger partial charge in [-0.1, -0.05) is 0 Å². The van der Waals surface area contributed by atoms with E-state index in [-0.39, 0.29) is 6.03 Å². The van der Waals surface area contributed by atoms with E-state index in [2.05, 4.69) is 10.8 Å². The Kier molecular flexibility index (Phi) is 5.28. The Morgan fingerprint density at radius 2 is 2.43 bits per heavy atom. The van der Waals surface area contributed by atoms with Crippen LogP contribution in [0.2, 0.25) is 0 Å². The SMILES string of the molecule is COCCONCCN1CCNC1=O. The third-order valence-corrected chi connectivity index (χ3v) is 1.92. The van der Waals surface area contributed by atoms with Crippen LogP contribution in [0, 0.1) is 0 Å². The second kappa shape index (κ2) is 6.58. The van der Waals surface area contributed by atoms with Gasteiger partial charge in [0.1, 0.15) is 0 Å². The molecular formula is C8H17N3O3. The zero-order valence-electron chi connectivity index (χ0n) is 8.41. The van der Waals surface area contributed by atoms with Crippen molar-refractivity contribution in [3.05, 3.63) is 0 Å². The molecule has 1 aliphatic rings. The number of nitrogens with one attached hydrogen (secondary N) is 2. The number of carbonyl (C=O) groups excluding carboxylic acids is 1. The predicted octanol–water partition coefficient (Wildman–Crippen LogP) is -0.821. The van der Waals surface area contributed by atoms with Gasteiger partial charge in [0.05, 0.1) is 13.2 Å². The van der Waals surface area contributed by atoms with E-state index in [4.69, 9.17) is 9.57 Å². The quantitative estimate of drug-likeness (QED) is 0.419. The number of hydrogen-bond donors (Lipinski definition) is 2. The maximum absolute atomic E-state index is 11.1. The molecule has 1 saturated heterocycles. The van der Waals surface area contributed by atoms with Crippen LogP contribution in [0.5, 0.6) is 0 Å². The first kappa shape index (κ1) is 11.2. The van der Waals surface area contributed by atoms with E-state index in [1.54, 1.807) is 12.0 Å². The minimum atomic E-state index is 0.00342. The van der Waals surface area contributed by atoms with Crippen LogP contribution >= 0.6 is 0 Å². The Labute approximate surface area is 83.5 Å². The average Bonchev–Trinajstić information content (AvgIpc) is 2.58. The molecule has 0 aromatic carbocycles. The van der Waals surface area contributed by atoms with Crippen LogP contribution in [-0.2, 0) is 9.57 Å². The average molecular weight is 203 g/mol. The molecule has 82 valence electrons. The molecule has 1 rings (SSSR count). The molecule has 0 unspecified atom stereocenters. The molecule has 0 bridgehead atoms. The van der Waals surface area contributed by atoms with E-state index < -0.39 is 0 Å². The lowest BCUT2D eigenvalue weighted by atomic mass is 10.5. The highest BCUT2D eigenvalue weighted by Crippen LogP contribution is 1.94. The number of hydrogen-bond acceptors (Lipinski definition) is 4. The molecule has 0 aliphatic carbocycles. The Hall–Kier alpha value is -0.850. The Bertz CT molecular complexity index is 177. The van der Waals surface area contributed by atoms with Crippen molar-refractivity contribution in [1.29, 1.82) is 0 Å². The number of hydroxylamine groups is 1. The summed E-state index contributed by atoms with van der Waals surface area (Å²) >= 11 is 0. The summed E-state index contributed by atoms with van der Waals surface area (Å²) in [5.74, 6) is 0. The van der Waals surface area contributed by atoms with E-state index >= 15 is 0 Å². The minimum Gasteiger partial charge on any atom is -0.382 e.